The third-order valence-electron chi connectivity index (χ3n) is 3.37. The molecule has 0 aromatic heterocycles. The van der Waals surface area contributed by atoms with Crippen molar-refractivity contribution in [1.82, 2.24) is 0 Å². The smallest absolute Gasteiger partial charge is 0.222 e. The van der Waals surface area contributed by atoms with E-state index in [-0.39, 0.29) is 11.1 Å². The highest BCUT2D eigenvalue weighted by molar-refractivity contribution is 6.65. The minimum absolute atomic E-state index is 0.0292. The predicted molar refractivity (Wildman–Crippen MR) is 81.6 cm³/mol. The van der Waals surface area contributed by atoms with Gasteiger partial charge in [0, 0.05) is 17.5 Å². The van der Waals surface area contributed by atoms with Crippen LogP contribution in [-0.4, -0.2) is 17.8 Å². The van der Waals surface area contributed by atoms with Gasteiger partial charge in [0.15, 0.2) is 5.78 Å². The zero-order chi connectivity index (χ0) is 14.1. The number of ketones is 1. The van der Waals surface area contributed by atoms with Gasteiger partial charge in [0.05, 0.1) is 5.69 Å². The van der Waals surface area contributed by atoms with E-state index in [9.17, 15) is 4.79 Å². The molecular weight excluding hydrogens is 272 g/mol. The second-order valence-electron chi connectivity index (χ2n) is 4.51. The van der Waals surface area contributed by atoms with Crippen molar-refractivity contribution < 1.29 is 4.79 Å². The normalized spacial score (nSPS) is 13.7. The lowest BCUT2D eigenvalue weighted by atomic mass is 9.84. The standard InChI is InChI=1S/C16H11ClN2O/c1-18-16(17)19-14-8-4-7-12-13(14)9-10-5-2-3-6-11(10)15(12)20/h2-8H,1,9H2/b19-16-. The number of rotatable bonds is 1. The van der Waals surface area contributed by atoms with Crippen LogP contribution in [-0.2, 0) is 6.42 Å². The van der Waals surface area contributed by atoms with Gasteiger partial charge in [-0.1, -0.05) is 36.4 Å². The Labute approximate surface area is 121 Å². The minimum atomic E-state index is 0.0292. The van der Waals surface area contributed by atoms with E-state index in [0.29, 0.717) is 17.7 Å². The molecule has 0 unspecified atom stereocenters. The van der Waals surface area contributed by atoms with E-state index in [4.69, 9.17) is 11.6 Å². The van der Waals surface area contributed by atoms with Crippen LogP contribution >= 0.6 is 11.6 Å². The SMILES string of the molecule is C=N/C(Cl)=N\c1cccc2c1Cc1ccccc1C2=O. The van der Waals surface area contributed by atoms with Crippen molar-refractivity contribution in [2.45, 2.75) is 6.42 Å². The van der Waals surface area contributed by atoms with Crippen molar-refractivity contribution in [1.29, 1.82) is 0 Å². The van der Waals surface area contributed by atoms with Gasteiger partial charge in [-0.3, -0.25) is 4.79 Å². The number of benzene rings is 2. The Balaban J connectivity index is 2.18. The van der Waals surface area contributed by atoms with Crippen LogP contribution in [0, 0.1) is 0 Å². The summed E-state index contributed by atoms with van der Waals surface area (Å²) < 4.78 is 0. The molecule has 2 aromatic carbocycles. The third-order valence-corrected chi connectivity index (χ3v) is 3.57. The van der Waals surface area contributed by atoms with E-state index in [0.717, 1.165) is 16.7 Å². The highest BCUT2D eigenvalue weighted by Crippen LogP contribution is 2.33. The number of fused-ring (bicyclic) bond motifs is 2. The van der Waals surface area contributed by atoms with Gasteiger partial charge in [0.2, 0.25) is 5.29 Å². The third kappa shape index (κ3) is 2.06. The quantitative estimate of drug-likeness (QED) is 0.381. The summed E-state index contributed by atoms with van der Waals surface area (Å²) in [5.41, 5.74) is 4.00. The van der Waals surface area contributed by atoms with Crippen LogP contribution in [0.2, 0.25) is 0 Å². The number of halogens is 1. The average Bonchev–Trinajstić information content (AvgIpc) is 2.48. The summed E-state index contributed by atoms with van der Waals surface area (Å²) in [6.45, 7) is 3.34. The van der Waals surface area contributed by atoms with E-state index >= 15 is 0 Å². The first-order valence-electron chi connectivity index (χ1n) is 6.16. The first-order valence-corrected chi connectivity index (χ1v) is 6.54. The molecule has 0 spiro atoms. The van der Waals surface area contributed by atoms with E-state index in [1.54, 1.807) is 6.07 Å². The fraction of sp³-hybridized carbons (Fsp3) is 0.0625. The maximum atomic E-state index is 12.5. The van der Waals surface area contributed by atoms with Gasteiger partial charge in [-0.05, 0) is 35.5 Å². The predicted octanol–water partition coefficient (Wildman–Crippen LogP) is 3.75. The Morgan fingerprint density at radius 3 is 2.65 bits per heavy atom. The second kappa shape index (κ2) is 5.02. The van der Waals surface area contributed by atoms with E-state index in [2.05, 4.69) is 16.7 Å². The van der Waals surface area contributed by atoms with Crippen molar-refractivity contribution in [2.75, 3.05) is 0 Å². The zero-order valence-electron chi connectivity index (χ0n) is 10.6. The molecule has 2 aromatic rings. The highest BCUT2D eigenvalue weighted by Gasteiger charge is 2.24. The topological polar surface area (TPSA) is 41.8 Å². The van der Waals surface area contributed by atoms with Gasteiger partial charge in [-0.15, -0.1) is 0 Å². The number of carbonyl (C=O) groups is 1. The number of hydrogen-bond acceptors (Lipinski definition) is 2. The molecule has 3 nitrogen and oxygen atoms in total. The first-order chi connectivity index (χ1) is 9.70. The zero-order valence-corrected chi connectivity index (χ0v) is 11.4. The Kier molecular flexibility index (Phi) is 3.20. The van der Waals surface area contributed by atoms with Crippen LogP contribution in [0.15, 0.2) is 52.4 Å². The molecule has 20 heavy (non-hydrogen) atoms. The minimum Gasteiger partial charge on any atom is -0.289 e. The van der Waals surface area contributed by atoms with E-state index in [1.807, 2.05) is 36.4 Å². The summed E-state index contributed by atoms with van der Waals surface area (Å²) in [5, 5.41) is 0.0738. The lowest BCUT2D eigenvalue weighted by molar-refractivity contribution is 0.103. The fourth-order valence-corrected chi connectivity index (χ4v) is 2.54. The first kappa shape index (κ1) is 12.8. The number of hydrogen-bond donors (Lipinski definition) is 0. The number of amidine groups is 1. The summed E-state index contributed by atoms with van der Waals surface area (Å²) >= 11 is 5.81. The van der Waals surface area contributed by atoms with Gasteiger partial charge < -0.3 is 0 Å². The molecule has 0 atom stereocenters. The van der Waals surface area contributed by atoms with Crippen molar-refractivity contribution in [3.05, 3.63) is 64.7 Å². The maximum Gasteiger partial charge on any atom is 0.222 e. The molecular formula is C16H11ClN2O. The van der Waals surface area contributed by atoms with Crippen molar-refractivity contribution in [3.63, 3.8) is 0 Å². The Morgan fingerprint density at radius 1 is 1.10 bits per heavy atom. The summed E-state index contributed by atoms with van der Waals surface area (Å²) in [5.74, 6) is 0.0292. The second-order valence-corrected chi connectivity index (χ2v) is 4.84. The molecule has 4 heteroatoms. The van der Waals surface area contributed by atoms with Crippen molar-refractivity contribution in [2.24, 2.45) is 9.98 Å². The molecule has 0 aliphatic heterocycles. The largest absolute Gasteiger partial charge is 0.289 e. The molecule has 0 amide bonds. The molecule has 0 N–H and O–H groups in total. The number of aliphatic imine (C=N–C) groups is 2. The average molecular weight is 283 g/mol. The van der Waals surface area contributed by atoms with Crippen LogP contribution in [0.3, 0.4) is 0 Å². The lowest BCUT2D eigenvalue weighted by Crippen LogP contribution is -2.14. The van der Waals surface area contributed by atoms with Crippen LogP contribution in [0.5, 0.6) is 0 Å². The number of nitrogens with zero attached hydrogens (tertiary/aromatic N) is 2. The lowest BCUT2D eigenvalue weighted by Gasteiger charge is -2.19. The summed E-state index contributed by atoms with van der Waals surface area (Å²) in [4.78, 5) is 20.3. The summed E-state index contributed by atoms with van der Waals surface area (Å²) in [6, 6.07) is 13.1. The highest BCUT2D eigenvalue weighted by atomic mass is 35.5. The Hall–Kier alpha value is -2.26. The molecule has 0 heterocycles. The van der Waals surface area contributed by atoms with Crippen LogP contribution < -0.4 is 0 Å². The van der Waals surface area contributed by atoms with Crippen LogP contribution in [0.1, 0.15) is 27.0 Å². The van der Waals surface area contributed by atoms with Gasteiger partial charge in [0.25, 0.3) is 0 Å². The Bertz CT molecular complexity index is 750. The molecule has 1 aliphatic rings. The van der Waals surface area contributed by atoms with Gasteiger partial charge in [0.1, 0.15) is 0 Å². The van der Waals surface area contributed by atoms with Crippen LogP contribution in [0.25, 0.3) is 0 Å². The molecule has 0 bridgehead atoms. The van der Waals surface area contributed by atoms with Crippen molar-refractivity contribution >= 4 is 35.1 Å². The summed E-state index contributed by atoms with van der Waals surface area (Å²) in [7, 11) is 0. The molecule has 98 valence electrons. The molecule has 3 rings (SSSR count). The van der Waals surface area contributed by atoms with Crippen molar-refractivity contribution in [3.8, 4) is 0 Å². The van der Waals surface area contributed by atoms with E-state index < -0.39 is 0 Å². The summed E-state index contributed by atoms with van der Waals surface area (Å²) in [6.07, 6.45) is 0.665. The van der Waals surface area contributed by atoms with Gasteiger partial charge >= 0.3 is 0 Å². The number of carbonyl (C=O) groups excluding carboxylic acids is 1. The monoisotopic (exact) mass is 282 g/mol. The molecule has 0 radical (unpaired) electrons. The molecule has 0 saturated heterocycles. The van der Waals surface area contributed by atoms with Gasteiger partial charge in [-0.2, -0.15) is 0 Å². The Morgan fingerprint density at radius 2 is 1.85 bits per heavy atom. The molecule has 0 fully saturated rings. The molecule has 0 saturated carbocycles. The van der Waals surface area contributed by atoms with Crippen LogP contribution in [0.4, 0.5) is 5.69 Å². The molecule has 1 aliphatic carbocycles. The maximum absolute atomic E-state index is 12.5. The van der Waals surface area contributed by atoms with Gasteiger partial charge in [-0.25, -0.2) is 9.98 Å². The fourth-order valence-electron chi connectivity index (χ4n) is 2.44. The van der Waals surface area contributed by atoms with E-state index in [1.165, 1.54) is 0 Å².